The van der Waals surface area contributed by atoms with Gasteiger partial charge in [0, 0.05) is 17.3 Å². The Kier molecular flexibility index (Phi) is 4.56. The number of benzene rings is 3. The first kappa shape index (κ1) is 18.2. The molecule has 1 amide bonds. The number of fused-ring (bicyclic) bond motifs is 1. The van der Waals surface area contributed by atoms with E-state index >= 15 is 0 Å². The van der Waals surface area contributed by atoms with E-state index in [2.05, 4.69) is 4.98 Å². The van der Waals surface area contributed by atoms with Crippen molar-refractivity contribution in [1.82, 2.24) is 4.98 Å². The van der Waals surface area contributed by atoms with Crippen LogP contribution in [0.3, 0.4) is 0 Å². The highest BCUT2D eigenvalue weighted by molar-refractivity contribution is 6.06. The molecule has 0 bridgehead atoms. The Balaban J connectivity index is 1.59. The minimum absolute atomic E-state index is 0.0937. The average molecular weight is 396 g/mol. The minimum atomic E-state index is -0.646. The Morgan fingerprint density at radius 2 is 1.57 bits per heavy atom. The highest BCUT2D eigenvalue weighted by atomic mass is 16.5. The van der Waals surface area contributed by atoms with Crippen LogP contribution in [-0.2, 0) is 4.79 Å². The first-order valence-electron chi connectivity index (χ1n) is 9.79. The van der Waals surface area contributed by atoms with Gasteiger partial charge in [0.1, 0.15) is 17.5 Å². The van der Waals surface area contributed by atoms with Crippen LogP contribution in [0, 0.1) is 0 Å². The summed E-state index contributed by atoms with van der Waals surface area (Å²) in [6.45, 7) is 0. The van der Waals surface area contributed by atoms with Crippen LogP contribution in [0.4, 0.5) is 5.69 Å². The lowest BCUT2D eigenvalue weighted by Crippen LogP contribution is -2.62. The summed E-state index contributed by atoms with van der Waals surface area (Å²) in [4.78, 5) is 19.6. The molecule has 4 aromatic rings. The minimum Gasteiger partial charge on any atom is -0.497 e. The molecule has 0 spiro atoms. The summed E-state index contributed by atoms with van der Waals surface area (Å²) < 4.78 is 11.4. The third-order valence-corrected chi connectivity index (χ3v) is 5.39. The number of pyridine rings is 1. The van der Waals surface area contributed by atoms with Crippen molar-refractivity contribution in [3.05, 3.63) is 96.8 Å². The maximum absolute atomic E-state index is 13.2. The van der Waals surface area contributed by atoms with E-state index in [4.69, 9.17) is 9.47 Å². The summed E-state index contributed by atoms with van der Waals surface area (Å²) >= 11 is 0. The van der Waals surface area contributed by atoms with Gasteiger partial charge in [0.05, 0.1) is 12.8 Å². The number of aromatic nitrogens is 1. The molecule has 30 heavy (non-hydrogen) atoms. The van der Waals surface area contributed by atoms with Crippen LogP contribution in [0.2, 0.25) is 0 Å². The van der Waals surface area contributed by atoms with Gasteiger partial charge in [-0.3, -0.25) is 14.7 Å². The van der Waals surface area contributed by atoms with Crippen molar-refractivity contribution >= 4 is 22.4 Å². The van der Waals surface area contributed by atoms with Gasteiger partial charge in [-0.25, -0.2) is 0 Å². The highest BCUT2D eigenvalue weighted by Gasteiger charge is 2.52. The second-order valence-corrected chi connectivity index (χ2v) is 7.12. The standard InChI is InChI=1S/C25H20N2O3/c1-29-19-13-11-18(12-14-19)27-23(22-21-10-6-5-7-17(21)15-16-26-22)24(25(27)28)30-20-8-3-2-4-9-20/h2-16,23-24H,1H3/t23-,24+/m1/s1. The number of methoxy groups -OCH3 is 1. The molecule has 3 aromatic carbocycles. The fourth-order valence-electron chi connectivity index (χ4n) is 3.90. The number of ether oxygens (including phenoxy) is 2. The van der Waals surface area contributed by atoms with Gasteiger partial charge in [-0.1, -0.05) is 42.5 Å². The molecule has 5 heteroatoms. The maximum Gasteiger partial charge on any atom is 0.271 e. The van der Waals surface area contributed by atoms with Crippen molar-refractivity contribution in [2.45, 2.75) is 12.1 Å². The van der Waals surface area contributed by atoms with Gasteiger partial charge < -0.3 is 9.47 Å². The maximum atomic E-state index is 13.2. The molecule has 0 saturated carbocycles. The largest absolute Gasteiger partial charge is 0.497 e. The second kappa shape index (κ2) is 7.52. The summed E-state index contributed by atoms with van der Waals surface area (Å²) in [7, 11) is 1.62. The van der Waals surface area contributed by atoms with E-state index in [9.17, 15) is 4.79 Å². The number of carbonyl (C=O) groups excluding carboxylic acids is 1. The highest BCUT2D eigenvalue weighted by Crippen LogP contribution is 2.42. The number of carbonyl (C=O) groups is 1. The van der Waals surface area contributed by atoms with Gasteiger partial charge in [-0.15, -0.1) is 0 Å². The number of rotatable bonds is 5. The Bertz CT molecular complexity index is 1190. The molecule has 5 rings (SSSR count). The molecular formula is C25H20N2O3. The molecule has 1 fully saturated rings. The third-order valence-electron chi connectivity index (χ3n) is 5.39. The van der Waals surface area contributed by atoms with Crippen LogP contribution in [-0.4, -0.2) is 24.1 Å². The van der Waals surface area contributed by atoms with Crippen molar-refractivity contribution in [2.75, 3.05) is 12.0 Å². The zero-order chi connectivity index (χ0) is 20.5. The number of anilines is 1. The summed E-state index contributed by atoms with van der Waals surface area (Å²) in [6.07, 6.45) is 1.14. The summed E-state index contributed by atoms with van der Waals surface area (Å²) in [5, 5.41) is 2.09. The Labute approximate surface area is 174 Å². The van der Waals surface area contributed by atoms with Crippen molar-refractivity contribution in [3.63, 3.8) is 0 Å². The molecule has 2 heterocycles. The fourth-order valence-corrected chi connectivity index (χ4v) is 3.90. The third kappa shape index (κ3) is 3.05. The Morgan fingerprint density at radius 3 is 2.33 bits per heavy atom. The van der Waals surface area contributed by atoms with Crippen molar-refractivity contribution in [3.8, 4) is 11.5 Å². The quantitative estimate of drug-likeness (QED) is 0.456. The monoisotopic (exact) mass is 396 g/mol. The molecular weight excluding hydrogens is 376 g/mol. The van der Waals surface area contributed by atoms with Gasteiger partial charge in [0.2, 0.25) is 6.10 Å². The van der Waals surface area contributed by atoms with Gasteiger partial charge in [-0.2, -0.15) is 0 Å². The van der Waals surface area contributed by atoms with Crippen LogP contribution in [0.15, 0.2) is 91.1 Å². The van der Waals surface area contributed by atoms with E-state index in [-0.39, 0.29) is 11.9 Å². The molecule has 0 unspecified atom stereocenters. The molecule has 148 valence electrons. The number of amides is 1. The molecule has 0 N–H and O–H groups in total. The number of para-hydroxylation sites is 1. The van der Waals surface area contributed by atoms with Crippen molar-refractivity contribution < 1.29 is 14.3 Å². The number of β-lactam (4-membered cyclic amide) rings is 1. The lowest BCUT2D eigenvalue weighted by molar-refractivity contribution is -0.135. The summed E-state index contributed by atoms with van der Waals surface area (Å²) in [5.74, 6) is 1.31. The zero-order valence-corrected chi connectivity index (χ0v) is 16.4. The predicted octanol–water partition coefficient (Wildman–Crippen LogP) is 4.78. The van der Waals surface area contributed by atoms with Crippen LogP contribution < -0.4 is 14.4 Å². The zero-order valence-electron chi connectivity index (χ0n) is 16.4. The van der Waals surface area contributed by atoms with Crippen molar-refractivity contribution in [1.29, 1.82) is 0 Å². The number of hydrogen-bond acceptors (Lipinski definition) is 4. The molecule has 1 aliphatic rings. The van der Waals surface area contributed by atoms with E-state index in [0.717, 1.165) is 27.9 Å². The summed E-state index contributed by atoms with van der Waals surface area (Å²) in [6, 6.07) is 26.6. The van der Waals surface area contributed by atoms with Gasteiger partial charge in [0.25, 0.3) is 5.91 Å². The van der Waals surface area contributed by atoms with E-state index in [1.54, 1.807) is 18.2 Å². The predicted molar refractivity (Wildman–Crippen MR) is 116 cm³/mol. The van der Waals surface area contributed by atoms with E-state index < -0.39 is 6.10 Å². The van der Waals surface area contributed by atoms with Gasteiger partial charge in [0.15, 0.2) is 0 Å². The molecule has 1 aromatic heterocycles. The first-order valence-corrected chi connectivity index (χ1v) is 9.79. The Morgan fingerprint density at radius 1 is 0.833 bits per heavy atom. The van der Waals surface area contributed by atoms with E-state index in [1.807, 2.05) is 84.9 Å². The molecule has 0 radical (unpaired) electrons. The molecule has 0 aliphatic carbocycles. The molecule has 5 nitrogen and oxygen atoms in total. The van der Waals surface area contributed by atoms with Crippen LogP contribution in [0.5, 0.6) is 11.5 Å². The second-order valence-electron chi connectivity index (χ2n) is 7.12. The van der Waals surface area contributed by atoms with E-state index in [0.29, 0.717) is 5.75 Å². The first-order chi connectivity index (χ1) is 14.8. The van der Waals surface area contributed by atoms with Crippen LogP contribution >= 0.6 is 0 Å². The number of hydrogen-bond donors (Lipinski definition) is 0. The summed E-state index contributed by atoms with van der Waals surface area (Å²) in [5.41, 5.74) is 1.61. The van der Waals surface area contributed by atoms with Crippen LogP contribution in [0.1, 0.15) is 11.7 Å². The molecule has 2 atom stereocenters. The van der Waals surface area contributed by atoms with Crippen LogP contribution in [0.25, 0.3) is 10.8 Å². The SMILES string of the molecule is COc1ccc(N2C(=O)[C@@H](Oc3ccccc3)[C@H]2c2nccc3ccccc23)cc1. The van der Waals surface area contributed by atoms with Gasteiger partial charge >= 0.3 is 0 Å². The fraction of sp³-hybridized carbons (Fsp3) is 0.120. The number of nitrogens with zero attached hydrogens (tertiary/aromatic N) is 2. The normalized spacial score (nSPS) is 18.2. The topological polar surface area (TPSA) is 51.7 Å². The van der Waals surface area contributed by atoms with Gasteiger partial charge in [-0.05, 0) is 47.9 Å². The molecule has 1 aliphatic heterocycles. The van der Waals surface area contributed by atoms with E-state index in [1.165, 1.54) is 0 Å². The average Bonchev–Trinajstić information content (AvgIpc) is 2.81. The van der Waals surface area contributed by atoms with Crippen molar-refractivity contribution in [2.24, 2.45) is 0 Å². The molecule has 1 saturated heterocycles. The Hall–Kier alpha value is -3.86. The smallest absolute Gasteiger partial charge is 0.271 e. The lowest BCUT2D eigenvalue weighted by Gasteiger charge is -2.46. The lowest BCUT2D eigenvalue weighted by atomic mass is 9.90.